The number of carbonyl (C=O) groups excluding carboxylic acids is 1. The number of terminal acetylenes is 1. The van der Waals surface area contributed by atoms with E-state index in [1.807, 2.05) is 30.7 Å². The van der Waals surface area contributed by atoms with Crippen molar-refractivity contribution >= 4 is 5.91 Å². The van der Waals surface area contributed by atoms with Crippen molar-refractivity contribution in [1.29, 1.82) is 0 Å². The van der Waals surface area contributed by atoms with Crippen LogP contribution in [-0.2, 0) is 4.79 Å². The zero-order chi connectivity index (χ0) is 11.0. The van der Waals surface area contributed by atoms with Crippen molar-refractivity contribution in [2.45, 2.75) is 20.3 Å². The molecule has 1 amide bonds. The molecule has 0 unspecified atom stereocenters. The van der Waals surface area contributed by atoms with Crippen molar-refractivity contribution < 1.29 is 4.79 Å². The van der Waals surface area contributed by atoms with Gasteiger partial charge in [0, 0.05) is 26.1 Å². The minimum absolute atomic E-state index is 0.175. The second-order valence-corrected chi connectivity index (χ2v) is 3.26. The molecule has 0 aromatic heterocycles. The van der Waals surface area contributed by atoms with E-state index in [1.54, 1.807) is 0 Å². The number of nitrogens with zero attached hydrogens (tertiary/aromatic N) is 2. The van der Waals surface area contributed by atoms with Gasteiger partial charge < -0.3 is 4.90 Å². The van der Waals surface area contributed by atoms with E-state index < -0.39 is 0 Å². The van der Waals surface area contributed by atoms with Gasteiger partial charge >= 0.3 is 0 Å². The third-order valence-electron chi connectivity index (χ3n) is 2.16. The van der Waals surface area contributed by atoms with E-state index in [9.17, 15) is 4.79 Å². The Balaban J connectivity index is 3.86. The van der Waals surface area contributed by atoms with Gasteiger partial charge in [-0.1, -0.05) is 0 Å². The lowest BCUT2D eigenvalue weighted by Crippen LogP contribution is -2.39. The predicted octanol–water partition coefficient (Wildman–Crippen LogP) is 0.810. The van der Waals surface area contributed by atoms with Gasteiger partial charge in [-0.15, -0.1) is 12.3 Å². The number of carbonyl (C=O) groups is 1. The fourth-order valence-corrected chi connectivity index (χ4v) is 1.24. The summed E-state index contributed by atoms with van der Waals surface area (Å²) in [5.41, 5.74) is 0. The zero-order valence-corrected chi connectivity index (χ0v) is 9.42. The van der Waals surface area contributed by atoms with Gasteiger partial charge in [-0.2, -0.15) is 0 Å². The first-order valence-corrected chi connectivity index (χ1v) is 5.05. The van der Waals surface area contributed by atoms with Gasteiger partial charge in [0.1, 0.15) is 0 Å². The molecule has 0 aromatic rings. The maximum absolute atomic E-state index is 11.6. The number of hydrogen-bond donors (Lipinski definition) is 0. The lowest BCUT2D eigenvalue weighted by molar-refractivity contribution is -0.131. The molecule has 0 N–H and O–H groups in total. The fraction of sp³-hybridized carbons (Fsp3) is 0.727. The van der Waals surface area contributed by atoms with Crippen LogP contribution in [0.15, 0.2) is 0 Å². The summed E-state index contributed by atoms with van der Waals surface area (Å²) in [5, 5.41) is 0. The van der Waals surface area contributed by atoms with E-state index in [0.717, 1.165) is 19.6 Å². The van der Waals surface area contributed by atoms with Gasteiger partial charge in [0.15, 0.2) is 0 Å². The summed E-state index contributed by atoms with van der Waals surface area (Å²) in [5.74, 6) is 2.74. The lowest BCUT2D eigenvalue weighted by atomic mass is 10.4. The summed E-state index contributed by atoms with van der Waals surface area (Å²) in [6, 6.07) is 0. The molecule has 0 bridgehead atoms. The first-order valence-electron chi connectivity index (χ1n) is 5.05. The van der Waals surface area contributed by atoms with Crippen LogP contribution >= 0.6 is 0 Å². The van der Waals surface area contributed by atoms with Crippen molar-refractivity contribution in [1.82, 2.24) is 9.80 Å². The SMILES string of the molecule is C#CCCN(C)CC(=O)N(CC)CC. The number of rotatable bonds is 6. The van der Waals surface area contributed by atoms with E-state index in [2.05, 4.69) is 5.92 Å². The molecular weight excluding hydrogens is 176 g/mol. The quantitative estimate of drug-likeness (QED) is 0.587. The lowest BCUT2D eigenvalue weighted by Gasteiger charge is -2.22. The Hall–Kier alpha value is -1.01. The van der Waals surface area contributed by atoms with E-state index in [-0.39, 0.29) is 5.91 Å². The topological polar surface area (TPSA) is 23.6 Å². The van der Waals surface area contributed by atoms with Crippen LogP contribution in [0.3, 0.4) is 0 Å². The second-order valence-electron chi connectivity index (χ2n) is 3.26. The molecule has 0 radical (unpaired) electrons. The molecule has 0 heterocycles. The Morgan fingerprint density at radius 3 is 2.36 bits per heavy atom. The Labute approximate surface area is 87.1 Å². The van der Waals surface area contributed by atoms with Crippen LogP contribution in [0.2, 0.25) is 0 Å². The summed E-state index contributed by atoms with van der Waals surface area (Å²) in [7, 11) is 1.92. The van der Waals surface area contributed by atoms with E-state index in [1.165, 1.54) is 0 Å². The first kappa shape index (κ1) is 13.0. The van der Waals surface area contributed by atoms with E-state index in [4.69, 9.17) is 6.42 Å². The molecule has 0 saturated carbocycles. The highest BCUT2D eigenvalue weighted by molar-refractivity contribution is 5.78. The minimum atomic E-state index is 0.175. The molecule has 3 nitrogen and oxygen atoms in total. The average molecular weight is 196 g/mol. The molecular formula is C11H20N2O. The third kappa shape index (κ3) is 4.88. The molecule has 0 aromatic carbocycles. The minimum Gasteiger partial charge on any atom is -0.342 e. The van der Waals surface area contributed by atoms with Crippen LogP contribution in [0.5, 0.6) is 0 Å². The third-order valence-corrected chi connectivity index (χ3v) is 2.16. The molecule has 0 aliphatic rings. The Bertz CT molecular complexity index is 204. The largest absolute Gasteiger partial charge is 0.342 e. The Morgan fingerprint density at radius 2 is 1.93 bits per heavy atom. The van der Waals surface area contributed by atoms with Crippen LogP contribution in [0.4, 0.5) is 0 Å². The molecule has 0 fully saturated rings. The number of likely N-dealkylation sites (N-methyl/N-ethyl adjacent to an activating group) is 2. The summed E-state index contributed by atoms with van der Waals surface area (Å²) in [6.45, 7) is 6.77. The highest BCUT2D eigenvalue weighted by Crippen LogP contribution is 1.93. The van der Waals surface area contributed by atoms with Crippen LogP contribution in [-0.4, -0.2) is 48.9 Å². The van der Waals surface area contributed by atoms with Crippen molar-refractivity contribution in [3.8, 4) is 12.3 Å². The molecule has 14 heavy (non-hydrogen) atoms. The van der Waals surface area contributed by atoms with Gasteiger partial charge in [0.2, 0.25) is 5.91 Å². The van der Waals surface area contributed by atoms with Crippen molar-refractivity contribution in [3.05, 3.63) is 0 Å². The summed E-state index contributed by atoms with van der Waals surface area (Å²) in [4.78, 5) is 15.4. The molecule has 0 atom stereocenters. The summed E-state index contributed by atoms with van der Waals surface area (Å²) >= 11 is 0. The van der Waals surface area contributed by atoms with Crippen LogP contribution < -0.4 is 0 Å². The number of amides is 1. The smallest absolute Gasteiger partial charge is 0.236 e. The average Bonchev–Trinajstić information content (AvgIpc) is 2.16. The van der Waals surface area contributed by atoms with Crippen molar-refractivity contribution in [2.75, 3.05) is 33.2 Å². The predicted molar refractivity (Wildman–Crippen MR) is 58.9 cm³/mol. The monoisotopic (exact) mass is 196 g/mol. The summed E-state index contributed by atoms with van der Waals surface area (Å²) in [6.07, 6.45) is 5.84. The van der Waals surface area contributed by atoms with Crippen LogP contribution in [0, 0.1) is 12.3 Å². The Morgan fingerprint density at radius 1 is 1.36 bits per heavy atom. The standard InChI is InChI=1S/C11H20N2O/c1-5-8-9-12(4)10-11(14)13(6-2)7-3/h1H,6-10H2,2-4H3. The second kappa shape index (κ2) is 7.40. The maximum Gasteiger partial charge on any atom is 0.236 e. The van der Waals surface area contributed by atoms with E-state index in [0.29, 0.717) is 13.0 Å². The van der Waals surface area contributed by atoms with E-state index >= 15 is 0 Å². The first-order chi connectivity index (χ1) is 6.65. The normalized spacial score (nSPS) is 9.93. The van der Waals surface area contributed by atoms with Crippen LogP contribution in [0.25, 0.3) is 0 Å². The Kier molecular flexibility index (Phi) is 6.87. The molecule has 0 aliphatic carbocycles. The highest BCUT2D eigenvalue weighted by atomic mass is 16.2. The zero-order valence-electron chi connectivity index (χ0n) is 9.42. The van der Waals surface area contributed by atoms with Crippen molar-refractivity contribution in [2.24, 2.45) is 0 Å². The van der Waals surface area contributed by atoms with Gasteiger partial charge in [-0.05, 0) is 20.9 Å². The summed E-state index contributed by atoms with van der Waals surface area (Å²) < 4.78 is 0. The van der Waals surface area contributed by atoms with Crippen LogP contribution in [0.1, 0.15) is 20.3 Å². The molecule has 3 heteroatoms. The highest BCUT2D eigenvalue weighted by Gasteiger charge is 2.11. The van der Waals surface area contributed by atoms with Crippen molar-refractivity contribution in [3.63, 3.8) is 0 Å². The van der Waals surface area contributed by atoms with Gasteiger partial charge in [0.05, 0.1) is 6.54 Å². The molecule has 80 valence electrons. The molecule has 0 saturated heterocycles. The van der Waals surface area contributed by atoms with Gasteiger partial charge in [-0.25, -0.2) is 0 Å². The molecule has 0 spiro atoms. The molecule has 0 rings (SSSR count). The van der Waals surface area contributed by atoms with Gasteiger partial charge in [-0.3, -0.25) is 9.69 Å². The fourth-order valence-electron chi connectivity index (χ4n) is 1.24. The van der Waals surface area contributed by atoms with Gasteiger partial charge in [0.25, 0.3) is 0 Å². The number of hydrogen-bond acceptors (Lipinski definition) is 2. The maximum atomic E-state index is 11.6. The molecule has 0 aliphatic heterocycles.